The fraction of sp³-hybridized carbons (Fsp3) is 0.778. The smallest absolute Gasteiger partial charge is 0.188 e. The predicted molar refractivity (Wildman–Crippen MR) is 47.1 cm³/mol. The minimum atomic E-state index is -0.745. The molecule has 0 aliphatic carbocycles. The van der Waals surface area contributed by atoms with E-state index in [-0.39, 0.29) is 18.8 Å². The maximum Gasteiger partial charge on any atom is 0.188 e. The summed E-state index contributed by atoms with van der Waals surface area (Å²) in [6, 6.07) is 0. The molecule has 1 aliphatic heterocycles. The van der Waals surface area contributed by atoms with Gasteiger partial charge in [-0.25, -0.2) is 0 Å². The van der Waals surface area contributed by atoms with Gasteiger partial charge in [-0.1, -0.05) is 12.2 Å². The van der Waals surface area contributed by atoms with Crippen LogP contribution in [0.1, 0.15) is 13.8 Å². The molecular weight excluding hydrogens is 172 g/mol. The van der Waals surface area contributed by atoms with Crippen molar-refractivity contribution in [3.05, 3.63) is 12.2 Å². The predicted octanol–water partition coefficient (Wildman–Crippen LogP) is 0.0457. The summed E-state index contributed by atoms with van der Waals surface area (Å²) >= 11 is 0. The molecule has 0 fully saturated rings. The average molecular weight is 188 g/mol. The van der Waals surface area contributed by atoms with Gasteiger partial charge in [0.15, 0.2) is 6.29 Å². The first-order chi connectivity index (χ1) is 6.13. The lowest BCUT2D eigenvalue weighted by Crippen LogP contribution is -2.39. The van der Waals surface area contributed by atoms with Gasteiger partial charge in [0.25, 0.3) is 0 Å². The minimum Gasteiger partial charge on any atom is -0.393 e. The molecule has 0 unspecified atom stereocenters. The van der Waals surface area contributed by atoms with Gasteiger partial charge < -0.3 is 19.7 Å². The van der Waals surface area contributed by atoms with Crippen LogP contribution < -0.4 is 0 Å². The quantitative estimate of drug-likeness (QED) is 0.614. The van der Waals surface area contributed by atoms with Crippen LogP contribution in [0.5, 0.6) is 0 Å². The monoisotopic (exact) mass is 188 g/mol. The molecule has 1 rings (SSSR count). The topological polar surface area (TPSA) is 58.9 Å². The first-order valence-electron chi connectivity index (χ1n) is 4.41. The standard InChI is InChI=1S/C9H16O4/c1-6(2)12-9-8(11)4-3-7(5-10)13-9/h3-4,6-11H,5H2,1-2H3/t7-,8+,9-/m0/s1. The van der Waals surface area contributed by atoms with Crippen LogP contribution in [0.25, 0.3) is 0 Å². The van der Waals surface area contributed by atoms with Gasteiger partial charge in [0, 0.05) is 0 Å². The van der Waals surface area contributed by atoms with Crippen LogP contribution in [0, 0.1) is 0 Å². The largest absolute Gasteiger partial charge is 0.393 e. The Hall–Kier alpha value is -0.420. The van der Waals surface area contributed by atoms with Crippen molar-refractivity contribution >= 4 is 0 Å². The Bertz CT molecular complexity index is 178. The first kappa shape index (κ1) is 10.7. The van der Waals surface area contributed by atoms with E-state index in [1.54, 1.807) is 12.2 Å². The van der Waals surface area contributed by atoms with Gasteiger partial charge in [0.2, 0.25) is 0 Å². The van der Waals surface area contributed by atoms with E-state index in [4.69, 9.17) is 14.6 Å². The van der Waals surface area contributed by atoms with E-state index in [1.165, 1.54) is 0 Å². The molecule has 0 amide bonds. The zero-order valence-corrected chi connectivity index (χ0v) is 7.88. The van der Waals surface area contributed by atoms with E-state index in [0.717, 1.165) is 0 Å². The molecule has 0 spiro atoms. The van der Waals surface area contributed by atoms with Crippen LogP contribution in [-0.4, -0.2) is 41.4 Å². The summed E-state index contributed by atoms with van der Waals surface area (Å²) < 4.78 is 10.6. The lowest BCUT2D eigenvalue weighted by Gasteiger charge is -2.29. The zero-order valence-electron chi connectivity index (χ0n) is 7.88. The summed E-state index contributed by atoms with van der Waals surface area (Å²) in [5.41, 5.74) is 0. The van der Waals surface area contributed by atoms with Crippen molar-refractivity contribution in [3.63, 3.8) is 0 Å². The molecule has 3 atom stereocenters. The third-order valence-corrected chi connectivity index (χ3v) is 1.70. The molecule has 0 saturated heterocycles. The van der Waals surface area contributed by atoms with Crippen molar-refractivity contribution in [3.8, 4) is 0 Å². The van der Waals surface area contributed by atoms with Gasteiger partial charge in [0.1, 0.15) is 12.2 Å². The fourth-order valence-electron chi connectivity index (χ4n) is 1.11. The normalized spacial score (nSPS) is 34.1. The first-order valence-corrected chi connectivity index (χ1v) is 4.41. The Labute approximate surface area is 77.8 Å². The van der Waals surface area contributed by atoms with Crippen molar-refractivity contribution in [2.75, 3.05) is 6.61 Å². The van der Waals surface area contributed by atoms with Gasteiger partial charge in [-0.05, 0) is 13.8 Å². The number of hydrogen-bond acceptors (Lipinski definition) is 4. The second-order valence-corrected chi connectivity index (χ2v) is 3.29. The Balaban J connectivity index is 2.50. The molecule has 13 heavy (non-hydrogen) atoms. The second kappa shape index (κ2) is 4.72. The molecule has 1 heterocycles. The van der Waals surface area contributed by atoms with Crippen LogP contribution >= 0.6 is 0 Å². The Morgan fingerprint density at radius 3 is 2.69 bits per heavy atom. The Morgan fingerprint density at radius 1 is 1.46 bits per heavy atom. The molecular formula is C9H16O4. The van der Waals surface area contributed by atoms with Crippen molar-refractivity contribution in [2.45, 2.75) is 38.4 Å². The third kappa shape index (κ3) is 3.08. The van der Waals surface area contributed by atoms with Gasteiger partial charge in [0.05, 0.1) is 12.7 Å². The number of ether oxygens (including phenoxy) is 2. The molecule has 2 N–H and O–H groups in total. The minimum absolute atomic E-state index is 0.00880. The lowest BCUT2D eigenvalue weighted by atomic mass is 10.2. The summed E-state index contributed by atoms with van der Waals surface area (Å²) in [5.74, 6) is 0. The molecule has 4 nitrogen and oxygen atoms in total. The van der Waals surface area contributed by atoms with Crippen LogP contribution in [0.4, 0.5) is 0 Å². The summed E-state index contributed by atoms with van der Waals surface area (Å²) in [7, 11) is 0. The van der Waals surface area contributed by atoms with E-state index < -0.39 is 12.4 Å². The highest BCUT2D eigenvalue weighted by atomic mass is 16.7. The van der Waals surface area contributed by atoms with Crippen LogP contribution in [0.3, 0.4) is 0 Å². The zero-order chi connectivity index (χ0) is 9.84. The highest BCUT2D eigenvalue weighted by Gasteiger charge is 2.26. The molecule has 0 aromatic heterocycles. The number of rotatable bonds is 3. The summed E-state index contributed by atoms with van der Waals surface area (Å²) in [4.78, 5) is 0. The van der Waals surface area contributed by atoms with Gasteiger partial charge in [-0.3, -0.25) is 0 Å². The van der Waals surface area contributed by atoms with Crippen molar-refractivity contribution in [1.29, 1.82) is 0 Å². The van der Waals surface area contributed by atoms with E-state index in [1.807, 2.05) is 13.8 Å². The summed E-state index contributed by atoms with van der Waals surface area (Å²) in [5, 5.41) is 18.2. The van der Waals surface area contributed by atoms with E-state index in [0.29, 0.717) is 0 Å². The maximum absolute atomic E-state index is 9.41. The average Bonchev–Trinajstić information content (AvgIpc) is 2.08. The molecule has 0 aromatic carbocycles. The number of aliphatic hydroxyl groups is 2. The van der Waals surface area contributed by atoms with E-state index >= 15 is 0 Å². The number of aliphatic hydroxyl groups excluding tert-OH is 2. The third-order valence-electron chi connectivity index (χ3n) is 1.70. The fourth-order valence-corrected chi connectivity index (χ4v) is 1.11. The van der Waals surface area contributed by atoms with Crippen molar-refractivity contribution < 1.29 is 19.7 Å². The Kier molecular flexibility index (Phi) is 3.87. The van der Waals surface area contributed by atoms with Crippen molar-refractivity contribution in [1.82, 2.24) is 0 Å². The van der Waals surface area contributed by atoms with Crippen LogP contribution in [0.15, 0.2) is 12.2 Å². The van der Waals surface area contributed by atoms with Crippen LogP contribution in [-0.2, 0) is 9.47 Å². The molecule has 0 bridgehead atoms. The van der Waals surface area contributed by atoms with E-state index in [9.17, 15) is 5.11 Å². The van der Waals surface area contributed by atoms with Gasteiger partial charge in [-0.15, -0.1) is 0 Å². The molecule has 4 heteroatoms. The van der Waals surface area contributed by atoms with E-state index in [2.05, 4.69) is 0 Å². The van der Waals surface area contributed by atoms with Gasteiger partial charge in [-0.2, -0.15) is 0 Å². The maximum atomic E-state index is 9.41. The van der Waals surface area contributed by atoms with Crippen molar-refractivity contribution in [2.24, 2.45) is 0 Å². The van der Waals surface area contributed by atoms with Crippen LogP contribution in [0.2, 0.25) is 0 Å². The summed E-state index contributed by atoms with van der Waals surface area (Å²) in [6.07, 6.45) is 1.42. The molecule has 0 radical (unpaired) electrons. The molecule has 76 valence electrons. The highest BCUT2D eigenvalue weighted by Crippen LogP contribution is 2.15. The lowest BCUT2D eigenvalue weighted by molar-refractivity contribution is -0.223. The second-order valence-electron chi connectivity index (χ2n) is 3.29. The molecule has 1 aliphatic rings. The molecule has 0 saturated carbocycles. The molecule has 0 aromatic rings. The van der Waals surface area contributed by atoms with Gasteiger partial charge >= 0.3 is 0 Å². The SMILES string of the molecule is CC(C)O[C@H]1O[C@H](CO)C=C[C@H]1O. The summed E-state index contributed by atoms with van der Waals surface area (Å²) in [6.45, 7) is 3.63. The Morgan fingerprint density at radius 2 is 2.15 bits per heavy atom. The highest BCUT2D eigenvalue weighted by molar-refractivity contribution is 5.00. The number of hydrogen-bond donors (Lipinski definition) is 2.